The second kappa shape index (κ2) is 6.86. The van der Waals surface area contributed by atoms with Crippen LogP contribution in [0.1, 0.15) is 42.6 Å². The van der Waals surface area contributed by atoms with Crippen molar-refractivity contribution < 1.29 is 9.53 Å². The van der Waals surface area contributed by atoms with Crippen LogP contribution in [-0.4, -0.2) is 21.7 Å². The molecule has 0 atom stereocenters. The number of aromatic nitrogens is 2. The van der Waals surface area contributed by atoms with Crippen molar-refractivity contribution in [3.8, 4) is 5.75 Å². The molecule has 6 rings (SSSR count). The molecule has 1 amide bonds. The Balaban J connectivity index is 1.21. The Kier molecular flexibility index (Phi) is 4.35. The molecule has 0 radical (unpaired) electrons. The third-order valence-corrected chi connectivity index (χ3v) is 6.90. The Labute approximate surface area is 164 Å². The highest BCUT2D eigenvalue weighted by atomic mass is 35.5. The molecule has 0 unspecified atom stereocenters. The zero-order valence-corrected chi connectivity index (χ0v) is 15.9. The molecule has 4 aliphatic carbocycles. The van der Waals surface area contributed by atoms with Crippen LogP contribution in [0.5, 0.6) is 5.75 Å². The summed E-state index contributed by atoms with van der Waals surface area (Å²) >= 11 is 6.10. The third kappa shape index (κ3) is 3.33. The maximum atomic E-state index is 12.7. The quantitative estimate of drug-likeness (QED) is 0.841. The van der Waals surface area contributed by atoms with Crippen LogP contribution in [0.25, 0.3) is 0 Å². The molecule has 142 valence electrons. The number of amides is 1. The largest absolute Gasteiger partial charge is 0.470 e. The van der Waals surface area contributed by atoms with E-state index in [0.29, 0.717) is 34.3 Å². The molecule has 27 heavy (non-hydrogen) atoms. The molecule has 0 spiro atoms. The van der Waals surface area contributed by atoms with Crippen LogP contribution in [0.3, 0.4) is 0 Å². The molecular formula is C21H24ClN3O2. The maximum Gasteiger partial charge on any atom is 0.272 e. The summed E-state index contributed by atoms with van der Waals surface area (Å²) in [5.41, 5.74) is 0.451. The van der Waals surface area contributed by atoms with Gasteiger partial charge in [-0.2, -0.15) is 5.10 Å². The van der Waals surface area contributed by atoms with Gasteiger partial charge in [0.05, 0.1) is 5.02 Å². The van der Waals surface area contributed by atoms with Crippen molar-refractivity contribution in [2.24, 2.45) is 23.7 Å². The monoisotopic (exact) mass is 385 g/mol. The van der Waals surface area contributed by atoms with Gasteiger partial charge in [-0.05, 0) is 74.0 Å². The summed E-state index contributed by atoms with van der Waals surface area (Å²) < 4.78 is 7.30. The first kappa shape index (κ1) is 17.1. The van der Waals surface area contributed by atoms with Gasteiger partial charge in [0.1, 0.15) is 11.4 Å². The number of halogens is 1. The molecule has 1 heterocycles. The number of para-hydroxylation sites is 1. The second-order valence-corrected chi connectivity index (χ2v) is 8.78. The van der Waals surface area contributed by atoms with Gasteiger partial charge in [0.25, 0.3) is 5.91 Å². The maximum absolute atomic E-state index is 12.7. The molecule has 0 aliphatic heterocycles. The number of hydrogen-bond acceptors (Lipinski definition) is 3. The van der Waals surface area contributed by atoms with E-state index in [1.54, 1.807) is 23.0 Å². The normalized spacial score (nSPS) is 31.1. The number of nitrogens with zero attached hydrogens (tertiary/aromatic N) is 2. The van der Waals surface area contributed by atoms with Crippen molar-refractivity contribution in [3.05, 3.63) is 47.2 Å². The van der Waals surface area contributed by atoms with Crippen molar-refractivity contribution in [2.45, 2.75) is 44.9 Å². The summed E-state index contributed by atoms with van der Waals surface area (Å²) in [6.07, 6.45) is 8.35. The molecule has 1 aromatic carbocycles. The minimum Gasteiger partial charge on any atom is -0.470 e. The topological polar surface area (TPSA) is 56.2 Å². The van der Waals surface area contributed by atoms with Crippen molar-refractivity contribution in [3.63, 3.8) is 0 Å². The van der Waals surface area contributed by atoms with Gasteiger partial charge in [0, 0.05) is 12.2 Å². The molecule has 4 aliphatic rings. The molecule has 1 aromatic heterocycles. The lowest BCUT2D eigenvalue weighted by molar-refractivity contribution is -0.0120. The number of nitrogens with one attached hydrogen (secondary N) is 1. The van der Waals surface area contributed by atoms with Gasteiger partial charge in [-0.15, -0.1) is 0 Å². The summed E-state index contributed by atoms with van der Waals surface area (Å²) in [5.74, 6) is 3.67. The summed E-state index contributed by atoms with van der Waals surface area (Å²) in [6.45, 7) is 0.217. The van der Waals surface area contributed by atoms with E-state index >= 15 is 0 Å². The Morgan fingerprint density at radius 1 is 1.11 bits per heavy atom. The van der Waals surface area contributed by atoms with Gasteiger partial charge in [0.2, 0.25) is 0 Å². The second-order valence-electron chi connectivity index (χ2n) is 8.37. The van der Waals surface area contributed by atoms with Crippen LogP contribution in [0, 0.1) is 23.7 Å². The average Bonchev–Trinajstić information content (AvgIpc) is 3.12. The fraction of sp³-hybridized carbons (Fsp3) is 0.524. The van der Waals surface area contributed by atoms with Crippen LogP contribution < -0.4 is 10.1 Å². The highest BCUT2D eigenvalue weighted by Gasteiger charge is 2.48. The first-order chi connectivity index (χ1) is 13.2. The molecular weight excluding hydrogens is 362 g/mol. The molecule has 4 bridgehead atoms. The molecule has 4 fully saturated rings. The molecule has 5 nitrogen and oxygen atoms in total. The zero-order valence-electron chi connectivity index (χ0n) is 15.2. The van der Waals surface area contributed by atoms with Crippen LogP contribution in [-0.2, 0) is 6.73 Å². The van der Waals surface area contributed by atoms with Crippen LogP contribution in [0.2, 0.25) is 5.02 Å². The Morgan fingerprint density at radius 3 is 2.52 bits per heavy atom. The molecule has 1 N–H and O–H groups in total. The van der Waals surface area contributed by atoms with Gasteiger partial charge < -0.3 is 10.1 Å². The summed E-state index contributed by atoms with van der Waals surface area (Å²) in [4.78, 5) is 12.7. The fourth-order valence-electron chi connectivity index (χ4n) is 5.64. The molecule has 2 aromatic rings. The highest BCUT2D eigenvalue weighted by molar-refractivity contribution is 6.32. The number of rotatable bonds is 5. The van der Waals surface area contributed by atoms with Gasteiger partial charge in [-0.3, -0.25) is 4.79 Å². The van der Waals surface area contributed by atoms with Crippen LogP contribution >= 0.6 is 11.6 Å². The Hall–Kier alpha value is -2.01. The van der Waals surface area contributed by atoms with E-state index in [2.05, 4.69) is 10.4 Å². The summed E-state index contributed by atoms with van der Waals surface area (Å²) in [6, 6.07) is 9.40. The van der Waals surface area contributed by atoms with Crippen molar-refractivity contribution in [2.75, 3.05) is 0 Å². The minimum absolute atomic E-state index is 0.0658. The van der Waals surface area contributed by atoms with Gasteiger partial charge >= 0.3 is 0 Å². The number of ether oxygens (including phenoxy) is 1. The number of carbonyl (C=O) groups is 1. The summed E-state index contributed by atoms with van der Waals surface area (Å²) in [7, 11) is 0. The van der Waals surface area contributed by atoms with Crippen molar-refractivity contribution in [1.82, 2.24) is 15.1 Å². The van der Waals surface area contributed by atoms with E-state index in [4.69, 9.17) is 16.3 Å². The van der Waals surface area contributed by atoms with Gasteiger partial charge in [0.15, 0.2) is 6.73 Å². The molecule has 0 saturated heterocycles. The highest BCUT2D eigenvalue weighted by Crippen LogP contribution is 2.53. The Morgan fingerprint density at radius 2 is 1.81 bits per heavy atom. The van der Waals surface area contributed by atoms with Gasteiger partial charge in [-0.1, -0.05) is 23.7 Å². The lowest BCUT2D eigenvalue weighted by Gasteiger charge is -2.54. The van der Waals surface area contributed by atoms with Crippen LogP contribution in [0.4, 0.5) is 0 Å². The van der Waals surface area contributed by atoms with Gasteiger partial charge in [-0.25, -0.2) is 4.68 Å². The third-order valence-electron chi connectivity index (χ3n) is 6.59. The minimum atomic E-state index is -0.0658. The van der Waals surface area contributed by atoms with E-state index in [1.165, 1.54) is 32.1 Å². The Bertz CT molecular complexity index is 821. The first-order valence-electron chi connectivity index (χ1n) is 9.87. The lowest BCUT2D eigenvalue weighted by atomic mass is 9.54. The number of carbonyl (C=O) groups excluding carboxylic acids is 1. The average molecular weight is 386 g/mol. The predicted octanol–water partition coefficient (Wildman–Crippen LogP) is 4.13. The number of hydrogen-bond donors (Lipinski definition) is 1. The molecule has 6 heteroatoms. The smallest absolute Gasteiger partial charge is 0.272 e. The van der Waals surface area contributed by atoms with E-state index in [9.17, 15) is 4.79 Å². The lowest BCUT2D eigenvalue weighted by Crippen LogP contribution is -2.55. The molecule has 4 saturated carbocycles. The van der Waals surface area contributed by atoms with E-state index in [1.807, 2.05) is 18.2 Å². The standard InChI is InChI=1S/C21H24ClN3O2/c22-17-3-1-2-4-19(17)27-12-25-6-5-18(24-25)21(26)23-20-15-8-13-7-14(10-15)11-16(20)9-13/h1-6,13-16,20H,7-12H2,(H,23,26). The van der Waals surface area contributed by atoms with E-state index < -0.39 is 0 Å². The van der Waals surface area contributed by atoms with E-state index in [-0.39, 0.29) is 12.6 Å². The predicted molar refractivity (Wildman–Crippen MR) is 103 cm³/mol. The summed E-state index contributed by atoms with van der Waals surface area (Å²) in [5, 5.41) is 8.23. The number of benzene rings is 1. The zero-order chi connectivity index (χ0) is 18.4. The van der Waals surface area contributed by atoms with Crippen molar-refractivity contribution in [1.29, 1.82) is 0 Å². The van der Waals surface area contributed by atoms with E-state index in [0.717, 1.165) is 11.8 Å². The SMILES string of the molecule is O=C(NC1C2CC3CC(C2)CC1C3)c1ccn(COc2ccccc2Cl)n1. The fourth-order valence-corrected chi connectivity index (χ4v) is 5.83. The van der Waals surface area contributed by atoms with Crippen LogP contribution in [0.15, 0.2) is 36.5 Å². The first-order valence-corrected chi connectivity index (χ1v) is 10.2. The van der Waals surface area contributed by atoms with Crippen molar-refractivity contribution >= 4 is 17.5 Å².